The third-order valence-electron chi connectivity index (χ3n) is 6.81. The summed E-state index contributed by atoms with van der Waals surface area (Å²) in [5, 5.41) is 11.5. The molecule has 0 radical (unpaired) electrons. The molecular weight excluding hydrogens is 246 g/mol. The van der Waals surface area contributed by atoms with Gasteiger partial charge in [-0.15, -0.1) is 0 Å². The zero-order valence-corrected chi connectivity index (χ0v) is 14.0. The summed E-state index contributed by atoms with van der Waals surface area (Å²) in [5.74, 6) is 2.64. The monoisotopic (exact) mass is 281 g/mol. The van der Waals surface area contributed by atoms with Gasteiger partial charge in [0, 0.05) is 12.0 Å². The minimum absolute atomic E-state index is 0.0213. The highest BCUT2D eigenvalue weighted by atomic mass is 16.3. The highest BCUT2D eigenvalue weighted by Gasteiger charge is 2.55. The molecule has 0 aromatic rings. The van der Waals surface area contributed by atoms with Crippen LogP contribution in [0.25, 0.3) is 0 Å². The summed E-state index contributed by atoms with van der Waals surface area (Å²) >= 11 is 0. The Hall–Kier alpha value is -0.0800. The molecule has 2 heteroatoms. The van der Waals surface area contributed by atoms with Crippen molar-refractivity contribution < 1.29 is 5.11 Å². The van der Waals surface area contributed by atoms with Crippen LogP contribution in [-0.4, -0.2) is 17.3 Å². The second-order valence-electron chi connectivity index (χ2n) is 8.28. The van der Waals surface area contributed by atoms with Gasteiger partial charge in [0.15, 0.2) is 0 Å². The molecule has 0 saturated heterocycles. The first kappa shape index (κ1) is 16.3. The number of hydrogen-bond acceptors (Lipinski definition) is 2. The first-order valence-corrected chi connectivity index (χ1v) is 8.77. The molecule has 0 heterocycles. The van der Waals surface area contributed by atoms with Gasteiger partial charge in [0.05, 0.1) is 5.60 Å². The van der Waals surface area contributed by atoms with Crippen LogP contribution in [0.5, 0.6) is 0 Å². The Bertz CT molecular complexity index is 319. The minimum atomic E-state index is -0.526. The molecule has 0 amide bonds. The van der Waals surface area contributed by atoms with E-state index in [-0.39, 0.29) is 5.41 Å². The maximum Gasteiger partial charge on any atom is 0.0743 e. The number of hydrogen-bond donors (Lipinski definition) is 2. The van der Waals surface area contributed by atoms with Gasteiger partial charge in [0.25, 0.3) is 0 Å². The van der Waals surface area contributed by atoms with Crippen LogP contribution in [0, 0.1) is 29.1 Å². The molecule has 0 spiro atoms. The van der Waals surface area contributed by atoms with E-state index in [1.807, 2.05) is 0 Å². The Morgan fingerprint density at radius 1 is 1.10 bits per heavy atom. The summed E-state index contributed by atoms with van der Waals surface area (Å²) in [7, 11) is 0. The Morgan fingerprint density at radius 2 is 1.70 bits per heavy atom. The normalized spacial score (nSPS) is 46.6. The third kappa shape index (κ3) is 2.66. The van der Waals surface area contributed by atoms with Gasteiger partial charge in [-0.05, 0) is 62.2 Å². The lowest BCUT2D eigenvalue weighted by molar-refractivity contribution is -0.167. The first-order valence-electron chi connectivity index (χ1n) is 8.77. The van der Waals surface area contributed by atoms with Crippen molar-refractivity contribution in [1.82, 2.24) is 0 Å². The van der Waals surface area contributed by atoms with Crippen LogP contribution in [0.4, 0.5) is 0 Å². The van der Waals surface area contributed by atoms with Crippen molar-refractivity contribution in [2.75, 3.05) is 6.54 Å². The molecular formula is C18H35NO. The van der Waals surface area contributed by atoms with E-state index in [1.54, 1.807) is 0 Å². The van der Waals surface area contributed by atoms with Gasteiger partial charge in [0.2, 0.25) is 0 Å². The fourth-order valence-corrected chi connectivity index (χ4v) is 5.02. The van der Waals surface area contributed by atoms with Crippen molar-refractivity contribution in [2.45, 2.75) is 78.2 Å². The lowest BCUT2D eigenvalue weighted by Gasteiger charge is -2.56. The maximum atomic E-state index is 11.5. The van der Waals surface area contributed by atoms with Crippen LogP contribution >= 0.6 is 0 Å². The second kappa shape index (κ2) is 5.96. The van der Waals surface area contributed by atoms with Gasteiger partial charge in [-0.25, -0.2) is 0 Å². The molecule has 2 nitrogen and oxygen atoms in total. The molecule has 2 saturated carbocycles. The molecule has 2 aliphatic carbocycles. The molecule has 2 fully saturated rings. The smallest absolute Gasteiger partial charge is 0.0743 e. The number of aliphatic hydroxyl groups is 1. The minimum Gasteiger partial charge on any atom is -0.389 e. The Balaban J connectivity index is 2.18. The van der Waals surface area contributed by atoms with Gasteiger partial charge in [-0.2, -0.15) is 0 Å². The molecule has 0 aliphatic heterocycles. The summed E-state index contributed by atoms with van der Waals surface area (Å²) in [5.41, 5.74) is 5.68. The average Bonchev–Trinajstić information content (AvgIpc) is 2.43. The van der Waals surface area contributed by atoms with Gasteiger partial charge in [0.1, 0.15) is 0 Å². The van der Waals surface area contributed by atoms with E-state index in [4.69, 9.17) is 5.73 Å². The van der Waals surface area contributed by atoms with Gasteiger partial charge < -0.3 is 10.8 Å². The first-order chi connectivity index (χ1) is 9.34. The largest absolute Gasteiger partial charge is 0.389 e. The van der Waals surface area contributed by atoms with Crippen molar-refractivity contribution in [1.29, 1.82) is 0 Å². The van der Waals surface area contributed by atoms with E-state index < -0.39 is 5.60 Å². The summed E-state index contributed by atoms with van der Waals surface area (Å²) in [6.45, 7) is 9.87. The van der Waals surface area contributed by atoms with Crippen LogP contribution in [0.1, 0.15) is 72.6 Å². The second-order valence-corrected chi connectivity index (χ2v) is 8.28. The lowest BCUT2D eigenvalue weighted by atomic mass is 9.52. The lowest BCUT2D eigenvalue weighted by Crippen LogP contribution is -2.60. The van der Waals surface area contributed by atoms with Gasteiger partial charge in [-0.3, -0.25) is 0 Å². The zero-order valence-electron chi connectivity index (χ0n) is 14.0. The number of nitrogens with two attached hydrogens (primary N) is 1. The van der Waals surface area contributed by atoms with E-state index in [1.165, 1.54) is 19.3 Å². The highest BCUT2D eigenvalue weighted by Crippen LogP contribution is 2.55. The van der Waals surface area contributed by atoms with E-state index in [9.17, 15) is 5.11 Å². The predicted molar refractivity (Wildman–Crippen MR) is 85.4 cm³/mol. The summed E-state index contributed by atoms with van der Waals surface area (Å²) in [6.07, 6.45) is 8.12. The predicted octanol–water partition coefficient (Wildman–Crippen LogP) is 3.96. The molecule has 118 valence electrons. The summed E-state index contributed by atoms with van der Waals surface area (Å²) < 4.78 is 0. The standard InChI is InChI=1S/C18H35NO/c1-13(2)16-7-9-17(12-19,10-8-16)18(20)11-14(3)5-6-15(18)4/h13-16,20H,5-12,19H2,1-4H3. The van der Waals surface area contributed by atoms with Crippen LogP contribution < -0.4 is 5.73 Å². The molecule has 0 aromatic heterocycles. The van der Waals surface area contributed by atoms with Crippen LogP contribution in [0.2, 0.25) is 0 Å². The molecule has 3 atom stereocenters. The highest BCUT2D eigenvalue weighted by molar-refractivity contribution is 5.06. The fraction of sp³-hybridized carbons (Fsp3) is 1.00. The maximum absolute atomic E-state index is 11.5. The van der Waals surface area contributed by atoms with Gasteiger partial charge >= 0.3 is 0 Å². The van der Waals surface area contributed by atoms with Crippen molar-refractivity contribution in [3.8, 4) is 0 Å². The third-order valence-corrected chi connectivity index (χ3v) is 6.81. The topological polar surface area (TPSA) is 46.2 Å². The average molecular weight is 281 g/mol. The Kier molecular flexibility index (Phi) is 4.86. The SMILES string of the molecule is CC1CCC(C)C(O)(C2(CN)CCC(C(C)C)CC2)C1. The van der Waals surface area contributed by atoms with Crippen molar-refractivity contribution >= 4 is 0 Å². The van der Waals surface area contributed by atoms with E-state index in [0.717, 1.165) is 37.5 Å². The Labute approximate surface area is 125 Å². The zero-order chi connectivity index (χ0) is 15.0. The Morgan fingerprint density at radius 3 is 2.20 bits per heavy atom. The van der Waals surface area contributed by atoms with E-state index in [2.05, 4.69) is 27.7 Å². The van der Waals surface area contributed by atoms with E-state index in [0.29, 0.717) is 18.4 Å². The molecule has 20 heavy (non-hydrogen) atoms. The molecule has 3 unspecified atom stereocenters. The fourth-order valence-electron chi connectivity index (χ4n) is 5.02. The molecule has 2 aliphatic rings. The van der Waals surface area contributed by atoms with Crippen LogP contribution in [0.3, 0.4) is 0 Å². The van der Waals surface area contributed by atoms with Gasteiger partial charge in [-0.1, -0.05) is 34.1 Å². The summed E-state index contributed by atoms with van der Waals surface area (Å²) in [4.78, 5) is 0. The van der Waals surface area contributed by atoms with Crippen LogP contribution in [-0.2, 0) is 0 Å². The molecule has 2 rings (SSSR count). The van der Waals surface area contributed by atoms with Crippen molar-refractivity contribution in [3.05, 3.63) is 0 Å². The molecule has 0 aromatic carbocycles. The molecule has 3 N–H and O–H groups in total. The van der Waals surface area contributed by atoms with Crippen molar-refractivity contribution in [2.24, 2.45) is 34.8 Å². The van der Waals surface area contributed by atoms with Crippen LogP contribution in [0.15, 0.2) is 0 Å². The van der Waals surface area contributed by atoms with Crippen molar-refractivity contribution in [3.63, 3.8) is 0 Å². The molecule has 0 bridgehead atoms. The number of rotatable bonds is 3. The quantitative estimate of drug-likeness (QED) is 0.822. The summed E-state index contributed by atoms with van der Waals surface area (Å²) in [6, 6.07) is 0. The van der Waals surface area contributed by atoms with E-state index >= 15 is 0 Å².